The first kappa shape index (κ1) is 14.9. The largest absolute Gasteiger partial charge is 0.342 e. The van der Waals surface area contributed by atoms with E-state index in [9.17, 15) is 9.59 Å². The van der Waals surface area contributed by atoms with Crippen LogP contribution >= 0.6 is 0 Å². The van der Waals surface area contributed by atoms with Crippen LogP contribution in [0.5, 0.6) is 0 Å². The number of pyridine rings is 1. The van der Waals surface area contributed by atoms with E-state index in [-0.39, 0.29) is 17.7 Å². The monoisotopic (exact) mass is 321 g/mol. The van der Waals surface area contributed by atoms with Gasteiger partial charge in [-0.25, -0.2) is 0 Å². The van der Waals surface area contributed by atoms with Gasteiger partial charge >= 0.3 is 0 Å². The Kier molecular flexibility index (Phi) is 3.76. The molecule has 1 saturated heterocycles. The first-order valence-electron chi connectivity index (χ1n) is 8.28. The van der Waals surface area contributed by atoms with E-state index in [4.69, 9.17) is 0 Å². The lowest BCUT2D eigenvalue weighted by Crippen LogP contribution is -2.64. The average molecular weight is 321 g/mol. The molecule has 2 atom stereocenters. The van der Waals surface area contributed by atoms with Crippen LogP contribution in [0.1, 0.15) is 16.8 Å². The van der Waals surface area contributed by atoms with Crippen LogP contribution in [-0.4, -0.2) is 28.9 Å². The highest BCUT2D eigenvalue weighted by Crippen LogP contribution is 2.29. The summed E-state index contributed by atoms with van der Waals surface area (Å²) < 4.78 is 0. The standard InChI is InChI=1S/C19H19N3O2/c23-18-16(11-15-7-3-4-8-20-15)21-19(24)17(22-18)14-9-12-5-1-2-6-13(12)10-14/h1-8,14,16-17H,9-11H2,(H,21,24)(H,22,23). The Morgan fingerprint density at radius 3 is 2.29 bits per heavy atom. The lowest BCUT2D eigenvalue weighted by atomic mass is 9.92. The molecule has 2 N–H and O–H groups in total. The van der Waals surface area contributed by atoms with E-state index in [2.05, 4.69) is 27.8 Å². The SMILES string of the molecule is O=C1NC(C2Cc3ccccc3C2)C(=O)NC1Cc1ccccn1. The van der Waals surface area contributed by atoms with E-state index in [1.54, 1.807) is 6.20 Å². The zero-order valence-corrected chi connectivity index (χ0v) is 13.2. The molecule has 2 aromatic rings. The van der Waals surface area contributed by atoms with Crippen molar-refractivity contribution in [1.29, 1.82) is 0 Å². The van der Waals surface area contributed by atoms with E-state index < -0.39 is 12.1 Å². The topological polar surface area (TPSA) is 71.1 Å². The minimum Gasteiger partial charge on any atom is -0.342 e. The second-order valence-electron chi connectivity index (χ2n) is 6.51. The fourth-order valence-corrected chi connectivity index (χ4v) is 3.68. The molecule has 2 heterocycles. The van der Waals surface area contributed by atoms with Crippen LogP contribution in [0.4, 0.5) is 0 Å². The second kappa shape index (κ2) is 6.07. The third kappa shape index (κ3) is 2.77. The van der Waals surface area contributed by atoms with Crippen molar-refractivity contribution in [2.24, 2.45) is 5.92 Å². The number of amides is 2. The van der Waals surface area contributed by atoms with Gasteiger partial charge in [0.1, 0.15) is 12.1 Å². The highest BCUT2D eigenvalue weighted by molar-refractivity contribution is 5.97. The summed E-state index contributed by atoms with van der Waals surface area (Å²) in [5, 5.41) is 5.81. The van der Waals surface area contributed by atoms with E-state index in [0.29, 0.717) is 6.42 Å². The molecule has 0 saturated carbocycles. The summed E-state index contributed by atoms with van der Waals surface area (Å²) in [4.78, 5) is 29.2. The summed E-state index contributed by atoms with van der Waals surface area (Å²) >= 11 is 0. The third-order valence-corrected chi connectivity index (χ3v) is 4.91. The fourth-order valence-electron chi connectivity index (χ4n) is 3.68. The van der Waals surface area contributed by atoms with Gasteiger partial charge in [-0.3, -0.25) is 14.6 Å². The molecule has 2 aliphatic rings. The predicted molar refractivity (Wildman–Crippen MR) is 89.1 cm³/mol. The maximum atomic E-state index is 12.5. The summed E-state index contributed by atoms with van der Waals surface area (Å²) in [6.45, 7) is 0. The van der Waals surface area contributed by atoms with Gasteiger partial charge in [0.2, 0.25) is 11.8 Å². The maximum absolute atomic E-state index is 12.5. The normalized spacial score (nSPS) is 23.5. The molecule has 0 bridgehead atoms. The quantitative estimate of drug-likeness (QED) is 0.887. The van der Waals surface area contributed by atoms with Gasteiger partial charge in [-0.2, -0.15) is 0 Å². The number of fused-ring (bicyclic) bond motifs is 1. The van der Waals surface area contributed by atoms with Crippen LogP contribution in [-0.2, 0) is 28.9 Å². The summed E-state index contributed by atoms with van der Waals surface area (Å²) in [6, 6.07) is 12.8. The van der Waals surface area contributed by atoms with Crippen LogP contribution in [0.3, 0.4) is 0 Å². The van der Waals surface area contributed by atoms with Gasteiger partial charge in [-0.05, 0) is 42.0 Å². The van der Waals surface area contributed by atoms with Crippen LogP contribution in [0.15, 0.2) is 48.7 Å². The number of carbonyl (C=O) groups is 2. The molecule has 2 unspecified atom stereocenters. The number of benzene rings is 1. The molecule has 0 spiro atoms. The molecular formula is C19H19N3O2. The number of nitrogens with zero attached hydrogens (tertiary/aromatic N) is 1. The number of rotatable bonds is 3. The average Bonchev–Trinajstić information content (AvgIpc) is 3.02. The number of nitrogens with one attached hydrogen (secondary N) is 2. The van der Waals surface area contributed by atoms with Crippen molar-refractivity contribution >= 4 is 11.8 Å². The highest BCUT2D eigenvalue weighted by atomic mass is 16.2. The van der Waals surface area contributed by atoms with Gasteiger partial charge in [-0.15, -0.1) is 0 Å². The first-order valence-corrected chi connectivity index (χ1v) is 8.28. The van der Waals surface area contributed by atoms with Crippen LogP contribution in [0.2, 0.25) is 0 Å². The van der Waals surface area contributed by atoms with E-state index in [1.165, 1.54) is 11.1 Å². The Bertz CT molecular complexity index is 750. The Morgan fingerprint density at radius 2 is 1.62 bits per heavy atom. The molecule has 1 aliphatic carbocycles. The van der Waals surface area contributed by atoms with E-state index >= 15 is 0 Å². The van der Waals surface area contributed by atoms with E-state index in [0.717, 1.165) is 18.5 Å². The zero-order valence-electron chi connectivity index (χ0n) is 13.2. The lowest BCUT2D eigenvalue weighted by molar-refractivity contribution is -0.138. The third-order valence-electron chi connectivity index (χ3n) is 4.91. The van der Waals surface area contributed by atoms with Crippen LogP contribution in [0.25, 0.3) is 0 Å². The minimum atomic E-state index is -0.549. The molecule has 4 rings (SSSR count). The van der Waals surface area contributed by atoms with Crippen molar-refractivity contribution in [2.75, 3.05) is 0 Å². The fraction of sp³-hybridized carbons (Fsp3) is 0.316. The van der Waals surface area contributed by atoms with Gasteiger partial charge in [0.15, 0.2) is 0 Å². The molecule has 24 heavy (non-hydrogen) atoms. The van der Waals surface area contributed by atoms with Crippen LogP contribution < -0.4 is 10.6 Å². The summed E-state index contributed by atoms with van der Waals surface area (Å²) in [7, 11) is 0. The van der Waals surface area contributed by atoms with Gasteiger partial charge in [-0.1, -0.05) is 30.3 Å². The number of piperazine rings is 1. The zero-order chi connectivity index (χ0) is 16.5. The Labute approximate surface area is 140 Å². The molecule has 5 heteroatoms. The predicted octanol–water partition coefficient (Wildman–Crippen LogP) is 1.02. The lowest BCUT2D eigenvalue weighted by Gasteiger charge is -2.32. The maximum Gasteiger partial charge on any atom is 0.243 e. The smallest absolute Gasteiger partial charge is 0.243 e. The number of carbonyl (C=O) groups excluding carboxylic acids is 2. The Balaban J connectivity index is 1.44. The van der Waals surface area contributed by atoms with Crippen molar-refractivity contribution < 1.29 is 9.59 Å². The molecule has 1 aliphatic heterocycles. The van der Waals surface area contributed by atoms with Gasteiger partial charge < -0.3 is 10.6 Å². The molecule has 0 radical (unpaired) electrons. The van der Waals surface area contributed by atoms with Crippen molar-refractivity contribution in [2.45, 2.75) is 31.3 Å². The Morgan fingerprint density at radius 1 is 0.917 bits per heavy atom. The van der Waals surface area contributed by atoms with E-state index in [1.807, 2.05) is 30.3 Å². The number of aromatic nitrogens is 1. The summed E-state index contributed by atoms with van der Waals surface area (Å²) in [5.41, 5.74) is 3.35. The molecule has 2 amide bonds. The molecule has 1 aromatic carbocycles. The molecule has 1 aromatic heterocycles. The van der Waals surface area contributed by atoms with Gasteiger partial charge in [0.25, 0.3) is 0 Å². The summed E-state index contributed by atoms with van der Waals surface area (Å²) in [6.07, 6.45) is 3.77. The van der Waals surface area contributed by atoms with Crippen molar-refractivity contribution in [1.82, 2.24) is 15.6 Å². The molecule has 122 valence electrons. The Hall–Kier alpha value is -2.69. The van der Waals surface area contributed by atoms with Crippen molar-refractivity contribution in [3.63, 3.8) is 0 Å². The number of hydrogen-bond acceptors (Lipinski definition) is 3. The van der Waals surface area contributed by atoms with Gasteiger partial charge in [0, 0.05) is 18.3 Å². The highest BCUT2D eigenvalue weighted by Gasteiger charge is 2.40. The minimum absolute atomic E-state index is 0.0895. The van der Waals surface area contributed by atoms with Crippen molar-refractivity contribution in [3.05, 3.63) is 65.5 Å². The second-order valence-corrected chi connectivity index (χ2v) is 6.51. The van der Waals surface area contributed by atoms with Crippen molar-refractivity contribution in [3.8, 4) is 0 Å². The first-order chi connectivity index (χ1) is 11.7. The molecule has 5 nitrogen and oxygen atoms in total. The van der Waals surface area contributed by atoms with Crippen LogP contribution in [0, 0.1) is 5.92 Å². The molecular weight excluding hydrogens is 302 g/mol. The van der Waals surface area contributed by atoms with Gasteiger partial charge in [0.05, 0.1) is 0 Å². The molecule has 1 fully saturated rings. The summed E-state index contributed by atoms with van der Waals surface area (Å²) in [5.74, 6) is -0.0864. The number of hydrogen-bond donors (Lipinski definition) is 2.